The SMILES string of the molecule is CC(C)(C)NS(=O)(=O)c1csc(C(=O)N2CC3(CCCCC3)c3cc(NS(C)(=O)=O)ccc32)c1. The highest BCUT2D eigenvalue weighted by atomic mass is 32.2. The summed E-state index contributed by atoms with van der Waals surface area (Å²) in [7, 11) is -7.17. The number of amides is 1. The molecule has 1 aliphatic heterocycles. The van der Waals surface area contributed by atoms with Crippen molar-refractivity contribution >= 4 is 48.7 Å². The highest BCUT2D eigenvalue weighted by Crippen LogP contribution is 2.50. The summed E-state index contributed by atoms with van der Waals surface area (Å²) in [4.78, 5) is 15.7. The summed E-state index contributed by atoms with van der Waals surface area (Å²) in [6.45, 7) is 5.80. The highest BCUT2D eigenvalue weighted by molar-refractivity contribution is 7.92. The molecule has 1 aromatic heterocycles. The number of sulfonamides is 2. The standard InChI is InChI=1S/C23H31N3O5S3/c1-22(2,3)25-34(30,31)17-13-20(32-14-17)21(27)26-15-23(10-6-5-7-11-23)18-12-16(8-9-19(18)26)24-33(4,28)29/h8-9,12-14,24-25H,5-7,10-11,15H2,1-4H3. The number of nitrogens with zero attached hydrogens (tertiary/aromatic N) is 1. The molecule has 1 saturated carbocycles. The van der Waals surface area contributed by atoms with Crippen LogP contribution in [0.2, 0.25) is 0 Å². The molecule has 2 N–H and O–H groups in total. The van der Waals surface area contributed by atoms with E-state index in [4.69, 9.17) is 0 Å². The van der Waals surface area contributed by atoms with Gasteiger partial charge in [-0.1, -0.05) is 19.3 Å². The van der Waals surface area contributed by atoms with E-state index in [0.717, 1.165) is 60.9 Å². The van der Waals surface area contributed by atoms with E-state index in [0.29, 0.717) is 17.1 Å². The number of nitrogens with one attached hydrogen (secondary N) is 2. The molecule has 11 heteroatoms. The van der Waals surface area contributed by atoms with Gasteiger partial charge in [0.1, 0.15) is 0 Å². The predicted octanol–water partition coefficient (Wildman–Crippen LogP) is 4.06. The van der Waals surface area contributed by atoms with Crippen molar-refractivity contribution in [2.75, 3.05) is 22.4 Å². The van der Waals surface area contributed by atoms with Crippen molar-refractivity contribution in [1.82, 2.24) is 4.72 Å². The van der Waals surface area contributed by atoms with Gasteiger partial charge >= 0.3 is 0 Å². The minimum Gasteiger partial charge on any atom is -0.306 e. The molecule has 1 aromatic carbocycles. The molecule has 34 heavy (non-hydrogen) atoms. The summed E-state index contributed by atoms with van der Waals surface area (Å²) in [6, 6.07) is 6.74. The number of hydrogen-bond donors (Lipinski definition) is 2. The normalized spacial score (nSPS) is 18.2. The van der Waals surface area contributed by atoms with Crippen molar-refractivity contribution in [3.05, 3.63) is 40.1 Å². The number of hydrogen-bond acceptors (Lipinski definition) is 6. The lowest BCUT2D eigenvalue weighted by molar-refractivity contribution is 0.0986. The van der Waals surface area contributed by atoms with Crippen LogP contribution in [0.5, 0.6) is 0 Å². The van der Waals surface area contributed by atoms with Gasteiger partial charge < -0.3 is 4.90 Å². The van der Waals surface area contributed by atoms with Crippen LogP contribution >= 0.6 is 11.3 Å². The minimum atomic E-state index is -3.74. The van der Waals surface area contributed by atoms with E-state index in [2.05, 4.69) is 9.44 Å². The summed E-state index contributed by atoms with van der Waals surface area (Å²) < 4.78 is 54.1. The van der Waals surface area contributed by atoms with Crippen LogP contribution in [-0.4, -0.2) is 41.1 Å². The van der Waals surface area contributed by atoms with E-state index in [-0.39, 0.29) is 16.2 Å². The Hall–Kier alpha value is -1.95. The maximum Gasteiger partial charge on any atom is 0.268 e. The molecule has 1 amide bonds. The van der Waals surface area contributed by atoms with E-state index in [1.807, 2.05) is 6.07 Å². The maximum atomic E-state index is 13.6. The monoisotopic (exact) mass is 525 g/mol. The Morgan fingerprint density at radius 1 is 1.06 bits per heavy atom. The van der Waals surface area contributed by atoms with Gasteiger partial charge in [0.25, 0.3) is 5.91 Å². The summed E-state index contributed by atoms with van der Waals surface area (Å²) >= 11 is 1.12. The van der Waals surface area contributed by atoms with Gasteiger partial charge in [0.05, 0.1) is 16.0 Å². The Labute approximate surface area is 205 Å². The molecular formula is C23H31N3O5S3. The van der Waals surface area contributed by atoms with Crippen LogP contribution in [0.4, 0.5) is 11.4 Å². The van der Waals surface area contributed by atoms with Crippen LogP contribution in [-0.2, 0) is 25.5 Å². The maximum absolute atomic E-state index is 13.6. The van der Waals surface area contributed by atoms with Gasteiger partial charge in [0.2, 0.25) is 20.0 Å². The summed E-state index contributed by atoms with van der Waals surface area (Å²) in [6.07, 6.45) is 6.19. The first-order valence-corrected chi connectivity index (χ1v) is 15.5. The summed E-state index contributed by atoms with van der Waals surface area (Å²) in [5.74, 6) is -0.241. The minimum absolute atomic E-state index is 0.0790. The van der Waals surface area contributed by atoms with Gasteiger partial charge in [-0.2, -0.15) is 0 Å². The Bertz CT molecular complexity index is 1320. The fraction of sp³-hybridized carbons (Fsp3) is 0.522. The fourth-order valence-electron chi connectivity index (χ4n) is 4.95. The summed E-state index contributed by atoms with van der Waals surface area (Å²) in [5, 5.41) is 1.49. The fourth-order valence-corrected chi connectivity index (χ4v) is 8.15. The number of fused-ring (bicyclic) bond motifs is 2. The number of carbonyl (C=O) groups is 1. The lowest BCUT2D eigenvalue weighted by Crippen LogP contribution is -2.40. The zero-order chi connectivity index (χ0) is 24.9. The Morgan fingerprint density at radius 3 is 2.35 bits per heavy atom. The van der Waals surface area contributed by atoms with Gasteiger partial charge in [-0.15, -0.1) is 11.3 Å². The largest absolute Gasteiger partial charge is 0.306 e. The van der Waals surface area contributed by atoms with Crippen molar-refractivity contribution in [1.29, 1.82) is 0 Å². The van der Waals surface area contributed by atoms with Crippen molar-refractivity contribution in [2.24, 2.45) is 0 Å². The molecule has 1 fully saturated rings. The Kier molecular flexibility index (Phi) is 6.37. The van der Waals surface area contributed by atoms with Gasteiger partial charge in [0, 0.05) is 34.3 Å². The van der Waals surface area contributed by atoms with Gasteiger partial charge in [-0.3, -0.25) is 9.52 Å². The zero-order valence-corrected chi connectivity index (χ0v) is 22.3. The highest BCUT2D eigenvalue weighted by Gasteiger charge is 2.45. The summed E-state index contributed by atoms with van der Waals surface area (Å²) in [5.41, 5.74) is 1.37. The van der Waals surface area contributed by atoms with Gasteiger partial charge in [-0.05, 0) is 63.4 Å². The first-order valence-electron chi connectivity index (χ1n) is 11.3. The van der Waals surface area contributed by atoms with Crippen LogP contribution in [0, 0.1) is 0 Å². The van der Waals surface area contributed by atoms with Crippen molar-refractivity contribution < 1.29 is 21.6 Å². The smallest absolute Gasteiger partial charge is 0.268 e. The number of anilines is 2. The van der Waals surface area contributed by atoms with Crippen LogP contribution in [0.3, 0.4) is 0 Å². The second kappa shape index (κ2) is 8.61. The lowest BCUT2D eigenvalue weighted by atomic mass is 9.70. The Morgan fingerprint density at radius 2 is 1.74 bits per heavy atom. The van der Waals surface area contributed by atoms with Crippen LogP contribution in [0.15, 0.2) is 34.5 Å². The molecule has 2 heterocycles. The first-order chi connectivity index (χ1) is 15.7. The average Bonchev–Trinajstić information content (AvgIpc) is 3.30. The molecule has 0 saturated heterocycles. The van der Waals surface area contributed by atoms with Crippen LogP contribution in [0.25, 0.3) is 0 Å². The molecule has 4 rings (SSSR count). The third kappa shape index (κ3) is 5.17. The quantitative estimate of drug-likeness (QED) is 0.611. The first kappa shape index (κ1) is 25.2. The molecule has 1 spiro atoms. The van der Waals surface area contributed by atoms with E-state index in [1.165, 1.54) is 11.4 Å². The predicted molar refractivity (Wildman–Crippen MR) is 136 cm³/mol. The van der Waals surface area contributed by atoms with Crippen LogP contribution < -0.4 is 14.3 Å². The number of rotatable bonds is 5. The topological polar surface area (TPSA) is 113 Å². The molecule has 2 aliphatic rings. The molecule has 8 nitrogen and oxygen atoms in total. The molecule has 1 aliphatic carbocycles. The van der Waals surface area contributed by atoms with Crippen molar-refractivity contribution in [3.8, 4) is 0 Å². The average molecular weight is 526 g/mol. The molecule has 2 aromatic rings. The van der Waals surface area contributed by atoms with Gasteiger partial charge in [-0.25, -0.2) is 21.6 Å². The van der Waals surface area contributed by atoms with Gasteiger partial charge in [0.15, 0.2) is 0 Å². The number of benzene rings is 1. The second-order valence-electron chi connectivity index (χ2n) is 10.3. The molecule has 0 unspecified atom stereocenters. The third-order valence-corrected chi connectivity index (χ3v) is 9.63. The number of thiophene rings is 1. The van der Waals surface area contributed by atoms with Crippen LogP contribution in [0.1, 0.15) is 68.1 Å². The molecule has 186 valence electrons. The molecular weight excluding hydrogens is 494 g/mol. The molecule has 0 atom stereocenters. The Balaban J connectivity index is 1.69. The number of carbonyl (C=O) groups excluding carboxylic acids is 1. The van der Waals surface area contributed by atoms with Crippen molar-refractivity contribution in [3.63, 3.8) is 0 Å². The van der Waals surface area contributed by atoms with E-state index in [9.17, 15) is 21.6 Å². The van der Waals surface area contributed by atoms with E-state index < -0.39 is 25.6 Å². The van der Waals surface area contributed by atoms with Crippen molar-refractivity contribution in [2.45, 2.75) is 68.7 Å². The van der Waals surface area contributed by atoms with E-state index in [1.54, 1.807) is 37.8 Å². The van der Waals surface area contributed by atoms with E-state index >= 15 is 0 Å². The zero-order valence-electron chi connectivity index (χ0n) is 19.8. The third-order valence-electron chi connectivity index (χ3n) is 6.22. The lowest BCUT2D eigenvalue weighted by Gasteiger charge is -2.34. The molecule has 0 bridgehead atoms. The molecule has 0 radical (unpaired) electrons. The second-order valence-corrected chi connectivity index (χ2v) is 14.7.